The lowest BCUT2D eigenvalue weighted by Crippen LogP contribution is -2.46. The number of hydrogen-bond donors (Lipinski definition) is 0. The minimum absolute atomic E-state index is 0.0876. The zero-order valence-corrected chi connectivity index (χ0v) is 14.6. The molecule has 0 amide bonds. The normalized spacial score (nSPS) is 23.6. The number of hydrogen-bond acceptors (Lipinski definition) is 5. The number of rotatable bonds is 5. The summed E-state index contributed by atoms with van der Waals surface area (Å²) in [4.78, 5) is 25.7. The fraction of sp³-hybridized carbons (Fsp3) is 0.579. The topological polar surface area (TPSA) is 55.8 Å². The van der Waals surface area contributed by atoms with Gasteiger partial charge in [0, 0.05) is 31.5 Å². The van der Waals surface area contributed by atoms with Crippen LogP contribution in [0, 0.1) is 11.8 Å². The maximum atomic E-state index is 12.6. The first kappa shape index (κ1) is 17.0. The third-order valence-corrected chi connectivity index (χ3v) is 5.13. The number of carbonyl (C=O) groups excluding carboxylic acids is 2. The van der Waals surface area contributed by atoms with Crippen LogP contribution >= 0.6 is 0 Å². The number of piperidine rings is 1. The highest BCUT2D eigenvalue weighted by atomic mass is 16.5. The maximum absolute atomic E-state index is 12.6. The second-order valence-electron chi connectivity index (χ2n) is 7.17. The minimum atomic E-state index is 0.0876. The summed E-state index contributed by atoms with van der Waals surface area (Å²) >= 11 is 0. The van der Waals surface area contributed by atoms with Gasteiger partial charge in [0.2, 0.25) is 0 Å². The third kappa shape index (κ3) is 3.18. The Morgan fingerprint density at radius 2 is 2.12 bits per heavy atom. The molecule has 5 heteroatoms. The molecule has 5 nitrogen and oxygen atoms in total. The molecule has 130 valence electrons. The van der Waals surface area contributed by atoms with Gasteiger partial charge >= 0.3 is 0 Å². The molecule has 3 rings (SSSR count). The van der Waals surface area contributed by atoms with Crippen molar-refractivity contribution in [1.29, 1.82) is 0 Å². The van der Waals surface area contributed by atoms with E-state index >= 15 is 0 Å². The van der Waals surface area contributed by atoms with E-state index in [1.54, 1.807) is 7.11 Å². The number of Topliss-reactive ketones (excluding diaryl/α,β-unsaturated/α-hetero) is 1. The zero-order valence-electron chi connectivity index (χ0n) is 14.6. The predicted octanol–water partition coefficient (Wildman–Crippen LogP) is 2.76. The molecule has 1 aromatic rings. The summed E-state index contributed by atoms with van der Waals surface area (Å²) in [6.07, 6.45) is 2.42. The molecule has 24 heavy (non-hydrogen) atoms. The monoisotopic (exact) mass is 331 g/mol. The van der Waals surface area contributed by atoms with Crippen LogP contribution in [0.15, 0.2) is 12.1 Å². The van der Waals surface area contributed by atoms with Gasteiger partial charge in [0.05, 0.1) is 7.11 Å². The minimum Gasteiger partial charge on any atom is -0.493 e. The van der Waals surface area contributed by atoms with E-state index in [4.69, 9.17) is 9.47 Å². The molecule has 2 aliphatic heterocycles. The maximum Gasteiger partial charge on any atom is 0.298 e. The van der Waals surface area contributed by atoms with Gasteiger partial charge in [0.25, 0.3) is 6.47 Å². The van der Waals surface area contributed by atoms with Crippen molar-refractivity contribution < 1.29 is 19.1 Å². The molecule has 2 heterocycles. The lowest BCUT2D eigenvalue weighted by Gasteiger charge is -2.43. The quantitative estimate of drug-likeness (QED) is 0.777. The largest absolute Gasteiger partial charge is 0.493 e. The first-order valence-electron chi connectivity index (χ1n) is 8.61. The van der Waals surface area contributed by atoms with E-state index in [-0.39, 0.29) is 12.0 Å². The number of ketones is 1. The van der Waals surface area contributed by atoms with Crippen LogP contribution in [0.4, 0.5) is 0 Å². The smallest absolute Gasteiger partial charge is 0.298 e. The van der Waals surface area contributed by atoms with Gasteiger partial charge < -0.3 is 9.47 Å². The Hall–Kier alpha value is -1.88. The van der Waals surface area contributed by atoms with E-state index < -0.39 is 0 Å². The van der Waals surface area contributed by atoms with Crippen LogP contribution in [-0.2, 0) is 16.0 Å². The van der Waals surface area contributed by atoms with Gasteiger partial charge in [0.15, 0.2) is 11.5 Å². The van der Waals surface area contributed by atoms with Crippen LogP contribution in [0.1, 0.15) is 43.9 Å². The molecule has 0 aromatic heterocycles. The van der Waals surface area contributed by atoms with Gasteiger partial charge in [-0.25, -0.2) is 0 Å². The van der Waals surface area contributed by atoms with E-state index in [0.717, 1.165) is 31.5 Å². The van der Waals surface area contributed by atoms with Crippen molar-refractivity contribution in [3.63, 3.8) is 0 Å². The summed E-state index contributed by atoms with van der Waals surface area (Å²) < 4.78 is 10.4. The van der Waals surface area contributed by atoms with Crippen LogP contribution in [0.25, 0.3) is 0 Å². The summed E-state index contributed by atoms with van der Waals surface area (Å²) in [7, 11) is 1.56. The van der Waals surface area contributed by atoms with Gasteiger partial charge in [-0.2, -0.15) is 0 Å². The number of carbonyl (C=O) groups is 2. The van der Waals surface area contributed by atoms with Gasteiger partial charge in [0.1, 0.15) is 5.78 Å². The van der Waals surface area contributed by atoms with Crippen molar-refractivity contribution >= 4 is 12.3 Å². The van der Waals surface area contributed by atoms with Crippen LogP contribution in [0.5, 0.6) is 11.5 Å². The van der Waals surface area contributed by atoms with E-state index in [0.29, 0.717) is 36.1 Å². The molecule has 0 radical (unpaired) electrons. The molecular weight excluding hydrogens is 306 g/mol. The molecule has 2 atom stereocenters. The number of benzene rings is 1. The molecule has 2 unspecified atom stereocenters. The molecule has 0 N–H and O–H groups in total. The molecule has 1 saturated heterocycles. The van der Waals surface area contributed by atoms with E-state index in [1.165, 1.54) is 5.56 Å². The summed E-state index contributed by atoms with van der Waals surface area (Å²) in [5, 5.41) is 0. The molecule has 1 fully saturated rings. The zero-order chi connectivity index (χ0) is 17.3. The van der Waals surface area contributed by atoms with Crippen LogP contribution in [0.2, 0.25) is 0 Å². The molecule has 0 saturated carbocycles. The van der Waals surface area contributed by atoms with Crippen LogP contribution < -0.4 is 9.47 Å². The molecule has 0 spiro atoms. The number of methoxy groups -OCH3 is 1. The summed E-state index contributed by atoms with van der Waals surface area (Å²) in [6, 6.07) is 3.90. The Bertz CT molecular complexity index is 640. The standard InChI is InChI=1S/C19H25NO4/c1-12(2)6-14-10-20-5-4-13-7-18(23-3)19(24-11-21)8-15(13)16(20)9-17(14)22/h7-8,11-12,14,16H,4-6,9-10H2,1-3H3. The predicted molar refractivity (Wildman–Crippen MR) is 90.3 cm³/mol. The van der Waals surface area contributed by atoms with Crippen molar-refractivity contribution in [2.75, 3.05) is 20.2 Å². The highest BCUT2D eigenvalue weighted by molar-refractivity contribution is 5.83. The van der Waals surface area contributed by atoms with Gasteiger partial charge in [-0.3, -0.25) is 14.5 Å². The van der Waals surface area contributed by atoms with E-state index in [1.807, 2.05) is 12.1 Å². The Labute approximate surface area is 142 Å². The second kappa shape index (κ2) is 6.93. The second-order valence-corrected chi connectivity index (χ2v) is 7.17. The van der Waals surface area contributed by atoms with Gasteiger partial charge in [-0.05, 0) is 42.0 Å². The lowest BCUT2D eigenvalue weighted by molar-refractivity contribution is -0.129. The van der Waals surface area contributed by atoms with E-state index in [9.17, 15) is 9.59 Å². The Morgan fingerprint density at radius 3 is 2.79 bits per heavy atom. The van der Waals surface area contributed by atoms with Gasteiger partial charge in [-0.15, -0.1) is 0 Å². The highest BCUT2D eigenvalue weighted by Gasteiger charge is 2.38. The first-order valence-corrected chi connectivity index (χ1v) is 8.61. The molecule has 0 aliphatic carbocycles. The third-order valence-electron chi connectivity index (χ3n) is 5.13. The van der Waals surface area contributed by atoms with Crippen molar-refractivity contribution in [2.24, 2.45) is 11.8 Å². The summed E-state index contributed by atoms with van der Waals surface area (Å²) in [5.74, 6) is 2.02. The first-order chi connectivity index (χ1) is 11.5. The van der Waals surface area contributed by atoms with Crippen molar-refractivity contribution in [1.82, 2.24) is 4.90 Å². The average molecular weight is 331 g/mol. The summed E-state index contributed by atoms with van der Waals surface area (Å²) in [6.45, 7) is 6.53. The highest BCUT2D eigenvalue weighted by Crippen LogP contribution is 2.42. The Kier molecular flexibility index (Phi) is 4.90. The Balaban J connectivity index is 1.89. The molecule has 0 bridgehead atoms. The molecular formula is C19H25NO4. The summed E-state index contributed by atoms with van der Waals surface area (Å²) in [5.41, 5.74) is 2.27. The number of fused-ring (bicyclic) bond motifs is 3. The lowest BCUT2D eigenvalue weighted by atomic mass is 9.80. The molecule has 2 aliphatic rings. The van der Waals surface area contributed by atoms with Crippen molar-refractivity contribution in [3.8, 4) is 11.5 Å². The van der Waals surface area contributed by atoms with Crippen LogP contribution in [0.3, 0.4) is 0 Å². The van der Waals surface area contributed by atoms with Crippen molar-refractivity contribution in [2.45, 2.75) is 39.2 Å². The SMILES string of the molecule is COc1cc2c(cc1OC=O)C1CC(=O)C(CC(C)C)CN1CC2. The molecule has 1 aromatic carbocycles. The number of nitrogens with zero attached hydrogens (tertiary/aromatic N) is 1. The number of ether oxygens (including phenoxy) is 2. The van der Waals surface area contributed by atoms with Crippen molar-refractivity contribution in [3.05, 3.63) is 23.3 Å². The van der Waals surface area contributed by atoms with Gasteiger partial charge in [-0.1, -0.05) is 13.8 Å². The fourth-order valence-electron chi connectivity index (χ4n) is 4.04. The Morgan fingerprint density at radius 1 is 1.33 bits per heavy atom. The van der Waals surface area contributed by atoms with Crippen LogP contribution in [-0.4, -0.2) is 37.4 Å². The average Bonchev–Trinajstić information content (AvgIpc) is 2.55. The van der Waals surface area contributed by atoms with E-state index in [2.05, 4.69) is 18.7 Å². The fourth-order valence-corrected chi connectivity index (χ4v) is 4.04.